The molecule has 2 fully saturated rings. The van der Waals surface area contributed by atoms with Crippen LogP contribution >= 0.6 is 0 Å². The molecule has 118 valence electrons. The Morgan fingerprint density at radius 1 is 1.05 bits per heavy atom. The molecule has 20 heavy (non-hydrogen) atoms. The van der Waals surface area contributed by atoms with Crippen LogP contribution < -0.4 is 0 Å². The van der Waals surface area contributed by atoms with Crippen LogP contribution in [0.3, 0.4) is 0 Å². The Hall–Kier alpha value is -0.0800. The Bertz CT molecular complexity index is 294. The van der Waals surface area contributed by atoms with Gasteiger partial charge >= 0.3 is 0 Å². The van der Waals surface area contributed by atoms with Gasteiger partial charge in [0.25, 0.3) is 0 Å². The van der Waals surface area contributed by atoms with Gasteiger partial charge in [-0.1, -0.05) is 47.0 Å². The van der Waals surface area contributed by atoms with Crippen molar-refractivity contribution in [3.63, 3.8) is 0 Å². The average molecular weight is 282 g/mol. The van der Waals surface area contributed by atoms with Gasteiger partial charge in [0.2, 0.25) is 0 Å². The number of aliphatic hydroxyl groups is 1. The minimum absolute atomic E-state index is 0.0774. The summed E-state index contributed by atoms with van der Waals surface area (Å²) in [6, 6.07) is 0. The molecule has 0 saturated heterocycles. The number of rotatable bonds is 3. The molecule has 2 nitrogen and oxygen atoms in total. The third-order valence-electron chi connectivity index (χ3n) is 5.66. The molecule has 2 aliphatic carbocycles. The molecule has 2 saturated carbocycles. The number of hydrogen-bond donors (Lipinski definition) is 1. The van der Waals surface area contributed by atoms with Crippen LogP contribution in [0.25, 0.3) is 0 Å². The van der Waals surface area contributed by atoms with Crippen molar-refractivity contribution in [1.29, 1.82) is 0 Å². The van der Waals surface area contributed by atoms with E-state index >= 15 is 0 Å². The minimum atomic E-state index is -0.240. The molecule has 0 spiro atoms. The molecule has 0 aromatic rings. The van der Waals surface area contributed by atoms with Gasteiger partial charge in [-0.05, 0) is 49.4 Å². The normalized spacial score (nSPS) is 39.8. The Balaban J connectivity index is 1.89. The van der Waals surface area contributed by atoms with Crippen molar-refractivity contribution in [3.05, 3.63) is 0 Å². The van der Waals surface area contributed by atoms with Crippen molar-refractivity contribution < 1.29 is 9.84 Å². The maximum atomic E-state index is 10.3. The lowest BCUT2D eigenvalue weighted by Crippen LogP contribution is -2.42. The van der Waals surface area contributed by atoms with Gasteiger partial charge in [0.15, 0.2) is 0 Å². The summed E-state index contributed by atoms with van der Waals surface area (Å²) in [5.74, 6) is 1.52. The van der Waals surface area contributed by atoms with Crippen LogP contribution in [0.1, 0.15) is 79.1 Å². The summed E-state index contributed by atoms with van der Waals surface area (Å²) in [6.45, 7) is 9.25. The van der Waals surface area contributed by atoms with Crippen molar-refractivity contribution in [3.8, 4) is 0 Å². The lowest BCUT2D eigenvalue weighted by atomic mass is 9.71. The van der Waals surface area contributed by atoms with E-state index in [4.69, 9.17) is 4.74 Å². The minimum Gasteiger partial charge on any atom is -0.390 e. The van der Waals surface area contributed by atoms with Gasteiger partial charge in [-0.2, -0.15) is 0 Å². The fourth-order valence-electron chi connectivity index (χ4n) is 4.03. The van der Waals surface area contributed by atoms with Gasteiger partial charge in [0.05, 0.1) is 18.3 Å². The molecule has 0 heterocycles. The highest BCUT2D eigenvalue weighted by Crippen LogP contribution is 2.40. The highest BCUT2D eigenvalue weighted by molar-refractivity contribution is 4.87. The Kier molecular flexibility index (Phi) is 5.53. The molecule has 0 aliphatic heterocycles. The zero-order valence-corrected chi connectivity index (χ0v) is 13.9. The summed E-state index contributed by atoms with van der Waals surface area (Å²) >= 11 is 0. The predicted molar refractivity (Wildman–Crippen MR) is 83.7 cm³/mol. The fourth-order valence-corrected chi connectivity index (χ4v) is 4.03. The molecule has 0 radical (unpaired) electrons. The summed E-state index contributed by atoms with van der Waals surface area (Å²) in [5.41, 5.74) is 0.334. The van der Waals surface area contributed by atoms with Gasteiger partial charge in [-0.15, -0.1) is 0 Å². The van der Waals surface area contributed by atoms with Crippen molar-refractivity contribution >= 4 is 0 Å². The van der Waals surface area contributed by atoms with Crippen molar-refractivity contribution in [2.45, 2.75) is 97.4 Å². The number of ether oxygens (including phenoxy) is 1. The van der Waals surface area contributed by atoms with Crippen molar-refractivity contribution in [2.24, 2.45) is 17.3 Å². The van der Waals surface area contributed by atoms with E-state index in [-0.39, 0.29) is 12.2 Å². The van der Waals surface area contributed by atoms with Crippen LogP contribution in [0.5, 0.6) is 0 Å². The van der Waals surface area contributed by atoms with Crippen molar-refractivity contribution in [2.75, 3.05) is 0 Å². The summed E-state index contributed by atoms with van der Waals surface area (Å²) in [7, 11) is 0. The second-order valence-corrected chi connectivity index (χ2v) is 8.18. The highest BCUT2D eigenvalue weighted by atomic mass is 16.5. The van der Waals surface area contributed by atoms with Gasteiger partial charge in [-0.25, -0.2) is 0 Å². The van der Waals surface area contributed by atoms with E-state index in [1.54, 1.807) is 0 Å². The largest absolute Gasteiger partial charge is 0.390 e. The van der Waals surface area contributed by atoms with Crippen LogP contribution in [0.2, 0.25) is 0 Å². The molecule has 2 aliphatic rings. The van der Waals surface area contributed by atoms with Crippen LogP contribution in [-0.2, 0) is 4.74 Å². The molecule has 0 bridgehead atoms. The molecular formula is C18H34O2. The van der Waals surface area contributed by atoms with Crippen LogP contribution in [-0.4, -0.2) is 23.4 Å². The Labute approximate surface area is 125 Å². The van der Waals surface area contributed by atoms with E-state index in [1.165, 1.54) is 32.1 Å². The first kappa shape index (κ1) is 16.3. The maximum Gasteiger partial charge on any atom is 0.0840 e. The first-order chi connectivity index (χ1) is 9.40. The second kappa shape index (κ2) is 6.79. The highest BCUT2D eigenvalue weighted by Gasteiger charge is 2.37. The van der Waals surface area contributed by atoms with E-state index in [1.807, 2.05) is 0 Å². The first-order valence-corrected chi connectivity index (χ1v) is 8.73. The fraction of sp³-hybridized carbons (Fsp3) is 1.00. The first-order valence-electron chi connectivity index (χ1n) is 8.73. The number of aliphatic hydroxyl groups excluding tert-OH is 1. The second-order valence-electron chi connectivity index (χ2n) is 8.18. The standard InChI is InChI=1S/C18H34O2/c1-5-13-7-6-8-15(11-13)20-17-12-14(18(2,3)4)9-10-16(17)19/h13-17,19H,5-12H2,1-4H3. The molecular weight excluding hydrogens is 248 g/mol. The topological polar surface area (TPSA) is 29.5 Å². The van der Waals surface area contributed by atoms with E-state index in [9.17, 15) is 5.11 Å². The summed E-state index contributed by atoms with van der Waals surface area (Å²) in [5, 5.41) is 10.3. The lowest BCUT2D eigenvalue weighted by Gasteiger charge is -2.42. The average Bonchev–Trinajstić information content (AvgIpc) is 2.40. The monoisotopic (exact) mass is 282 g/mol. The molecule has 1 N–H and O–H groups in total. The summed E-state index contributed by atoms with van der Waals surface area (Å²) in [4.78, 5) is 0. The smallest absolute Gasteiger partial charge is 0.0840 e. The lowest BCUT2D eigenvalue weighted by molar-refractivity contribution is -0.125. The maximum absolute atomic E-state index is 10.3. The number of hydrogen-bond acceptors (Lipinski definition) is 2. The van der Waals surface area contributed by atoms with Gasteiger partial charge in [0, 0.05) is 0 Å². The molecule has 0 aromatic carbocycles. The van der Waals surface area contributed by atoms with Crippen molar-refractivity contribution in [1.82, 2.24) is 0 Å². The third-order valence-corrected chi connectivity index (χ3v) is 5.66. The SMILES string of the molecule is CCC1CCCC(OC2CC(C(C)(C)C)CCC2O)C1. The van der Waals surface area contributed by atoms with E-state index < -0.39 is 0 Å². The zero-order valence-electron chi connectivity index (χ0n) is 13.9. The third kappa shape index (κ3) is 4.21. The van der Waals surface area contributed by atoms with Gasteiger partial charge in [-0.3, -0.25) is 0 Å². The molecule has 0 aromatic heterocycles. The van der Waals surface area contributed by atoms with E-state index in [0.29, 0.717) is 17.4 Å². The van der Waals surface area contributed by atoms with Crippen LogP contribution in [0.4, 0.5) is 0 Å². The quantitative estimate of drug-likeness (QED) is 0.823. The van der Waals surface area contributed by atoms with E-state index in [2.05, 4.69) is 27.7 Å². The summed E-state index contributed by atoms with van der Waals surface area (Å²) in [6.07, 6.45) is 9.68. The van der Waals surface area contributed by atoms with Gasteiger partial charge < -0.3 is 9.84 Å². The Morgan fingerprint density at radius 2 is 1.80 bits per heavy atom. The van der Waals surface area contributed by atoms with Crippen LogP contribution in [0.15, 0.2) is 0 Å². The van der Waals surface area contributed by atoms with Gasteiger partial charge in [0.1, 0.15) is 0 Å². The molecule has 5 unspecified atom stereocenters. The Morgan fingerprint density at radius 3 is 2.45 bits per heavy atom. The molecule has 5 atom stereocenters. The van der Waals surface area contributed by atoms with Crippen LogP contribution in [0, 0.1) is 17.3 Å². The summed E-state index contributed by atoms with van der Waals surface area (Å²) < 4.78 is 6.35. The molecule has 2 rings (SSSR count). The molecule has 0 amide bonds. The zero-order chi connectivity index (χ0) is 14.8. The van der Waals surface area contributed by atoms with E-state index in [0.717, 1.165) is 25.2 Å². The predicted octanol–water partition coefficient (Wildman–Crippen LogP) is 4.55. The molecule has 2 heteroatoms.